The van der Waals surface area contributed by atoms with Crippen molar-refractivity contribution < 1.29 is 14.7 Å². The van der Waals surface area contributed by atoms with Crippen molar-refractivity contribution in [2.75, 3.05) is 0 Å². The molecule has 0 spiro atoms. The Bertz CT molecular complexity index is 635. The summed E-state index contributed by atoms with van der Waals surface area (Å²) in [7, 11) is 0. The Morgan fingerprint density at radius 1 is 0.955 bits per heavy atom. The molecule has 1 atom stereocenters. The third-order valence-corrected chi connectivity index (χ3v) is 3.99. The van der Waals surface area contributed by atoms with E-state index in [0.29, 0.717) is 6.42 Å². The fourth-order valence-electron chi connectivity index (χ4n) is 2.32. The molecule has 0 aliphatic heterocycles. The number of Topliss-reactive ketones (excluding diaryl/α,β-unsaturated/α-hetero) is 1. The fourth-order valence-corrected chi connectivity index (χ4v) is 2.59. The van der Waals surface area contributed by atoms with E-state index in [9.17, 15) is 14.7 Å². The summed E-state index contributed by atoms with van der Waals surface area (Å²) in [5.74, 6) is -1.65. The molecule has 22 heavy (non-hydrogen) atoms. The summed E-state index contributed by atoms with van der Waals surface area (Å²) in [6, 6.07) is 16.9. The number of ketones is 1. The molecule has 0 aliphatic carbocycles. The van der Waals surface area contributed by atoms with Gasteiger partial charge in [0.2, 0.25) is 0 Å². The van der Waals surface area contributed by atoms with Crippen LogP contribution < -0.4 is 0 Å². The summed E-state index contributed by atoms with van der Waals surface area (Å²) in [6.45, 7) is 0. The van der Waals surface area contributed by atoms with E-state index in [1.54, 1.807) is 0 Å². The van der Waals surface area contributed by atoms with E-state index in [1.165, 1.54) is 0 Å². The number of benzene rings is 2. The molecule has 0 saturated carbocycles. The molecule has 0 amide bonds. The number of hydrogen-bond acceptors (Lipinski definition) is 2. The smallest absolute Gasteiger partial charge is 0.307 e. The third kappa shape index (κ3) is 5.11. The van der Waals surface area contributed by atoms with E-state index in [1.807, 2.05) is 54.6 Å². The fraction of sp³-hybridized carbons (Fsp3) is 0.222. The minimum atomic E-state index is -0.923. The minimum Gasteiger partial charge on any atom is -0.481 e. The number of carbonyl (C=O) groups is 2. The summed E-state index contributed by atoms with van der Waals surface area (Å²) in [5.41, 5.74) is 1.84. The lowest BCUT2D eigenvalue weighted by Gasteiger charge is -2.12. The molecule has 2 rings (SSSR count). The highest BCUT2D eigenvalue weighted by atomic mass is 79.9. The van der Waals surface area contributed by atoms with Gasteiger partial charge in [-0.3, -0.25) is 9.59 Å². The summed E-state index contributed by atoms with van der Waals surface area (Å²) in [4.78, 5) is 23.5. The van der Waals surface area contributed by atoms with Gasteiger partial charge in [-0.05, 0) is 29.7 Å². The number of halogens is 1. The van der Waals surface area contributed by atoms with Crippen molar-refractivity contribution in [1.82, 2.24) is 0 Å². The van der Waals surface area contributed by atoms with Crippen LogP contribution in [0.15, 0.2) is 59.1 Å². The number of carbonyl (C=O) groups excluding carboxylic acids is 1. The van der Waals surface area contributed by atoms with Crippen LogP contribution >= 0.6 is 15.9 Å². The Morgan fingerprint density at radius 3 is 2.18 bits per heavy atom. The van der Waals surface area contributed by atoms with E-state index in [0.717, 1.165) is 15.6 Å². The first kappa shape index (κ1) is 16.4. The van der Waals surface area contributed by atoms with Gasteiger partial charge in [0.15, 0.2) is 0 Å². The van der Waals surface area contributed by atoms with Crippen LogP contribution in [0.1, 0.15) is 17.5 Å². The zero-order valence-electron chi connectivity index (χ0n) is 12.0. The molecule has 0 saturated heterocycles. The topological polar surface area (TPSA) is 54.4 Å². The highest BCUT2D eigenvalue weighted by Crippen LogP contribution is 2.16. The van der Waals surface area contributed by atoms with E-state index < -0.39 is 11.9 Å². The molecular formula is C18H17BrO3. The standard InChI is InChI=1S/C18H17BrO3/c19-16-8-6-14(7-9-16)11-17(20)12-15(18(21)22)10-13-4-2-1-3-5-13/h1-9,15H,10-12H2,(H,21,22)/t15-/m1/s1. The number of rotatable bonds is 7. The van der Waals surface area contributed by atoms with Gasteiger partial charge >= 0.3 is 5.97 Å². The van der Waals surface area contributed by atoms with E-state index >= 15 is 0 Å². The molecule has 0 aromatic heterocycles. The maximum Gasteiger partial charge on any atom is 0.307 e. The van der Waals surface area contributed by atoms with Gasteiger partial charge in [-0.2, -0.15) is 0 Å². The highest BCUT2D eigenvalue weighted by Gasteiger charge is 2.21. The average molecular weight is 361 g/mol. The largest absolute Gasteiger partial charge is 0.481 e. The maximum atomic E-state index is 12.1. The summed E-state index contributed by atoms with van der Waals surface area (Å²) in [5, 5.41) is 9.33. The first-order valence-electron chi connectivity index (χ1n) is 7.07. The van der Waals surface area contributed by atoms with E-state index in [2.05, 4.69) is 15.9 Å². The van der Waals surface area contributed by atoms with Crippen LogP contribution in [0, 0.1) is 5.92 Å². The number of carboxylic acid groups (broad SMARTS) is 1. The second-order valence-corrected chi connectivity index (χ2v) is 6.19. The molecular weight excluding hydrogens is 344 g/mol. The molecule has 3 nitrogen and oxygen atoms in total. The monoisotopic (exact) mass is 360 g/mol. The van der Waals surface area contributed by atoms with Crippen molar-refractivity contribution in [3.8, 4) is 0 Å². The van der Waals surface area contributed by atoms with Gasteiger partial charge in [-0.1, -0.05) is 58.4 Å². The Kier molecular flexibility index (Phi) is 5.90. The Balaban J connectivity index is 1.97. The molecule has 0 unspecified atom stereocenters. The molecule has 4 heteroatoms. The van der Waals surface area contributed by atoms with Gasteiger partial charge < -0.3 is 5.11 Å². The van der Waals surface area contributed by atoms with Crippen molar-refractivity contribution in [3.63, 3.8) is 0 Å². The number of aliphatic carboxylic acids is 1. The molecule has 2 aromatic rings. The summed E-state index contributed by atoms with van der Waals surface area (Å²) in [6.07, 6.45) is 0.703. The van der Waals surface area contributed by atoms with Crippen LogP contribution in [-0.4, -0.2) is 16.9 Å². The van der Waals surface area contributed by atoms with Crippen LogP contribution in [0.2, 0.25) is 0 Å². The van der Waals surface area contributed by atoms with Crippen LogP contribution in [0.25, 0.3) is 0 Å². The van der Waals surface area contributed by atoms with Crippen LogP contribution in [0.5, 0.6) is 0 Å². The van der Waals surface area contributed by atoms with Gasteiger partial charge in [0.25, 0.3) is 0 Å². The van der Waals surface area contributed by atoms with Crippen molar-refractivity contribution >= 4 is 27.7 Å². The second-order valence-electron chi connectivity index (χ2n) is 5.27. The molecule has 0 bridgehead atoms. The van der Waals surface area contributed by atoms with E-state index in [4.69, 9.17) is 0 Å². The van der Waals surface area contributed by atoms with Gasteiger partial charge in [-0.15, -0.1) is 0 Å². The van der Waals surface area contributed by atoms with E-state index in [-0.39, 0.29) is 18.6 Å². The molecule has 0 radical (unpaired) electrons. The van der Waals surface area contributed by atoms with Gasteiger partial charge in [0, 0.05) is 17.3 Å². The van der Waals surface area contributed by atoms with Gasteiger partial charge in [0.1, 0.15) is 5.78 Å². The maximum absolute atomic E-state index is 12.1. The first-order valence-corrected chi connectivity index (χ1v) is 7.87. The second kappa shape index (κ2) is 7.90. The molecule has 0 fully saturated rings. The number of carboxylic acids is 1. The van der Waals surface area contributed by atoms with Crippen molar-refractivity contribution in [3.05, 3.63) is 70.2 Å². The predicted octanol–water partition coefficient (Wildman–Crippen LogP) is 3.89. The Labute approximate surface area is 138 Å². The van der Waals surface area contributed by atoms with Crippen LogP contribution in [0.4, 0.5) is 0 Å². The first-order chi connectivity index (χ1) is 10.5. The van der Waals surface area contributed by atoms with Crippen LogP contribution in [0.3, 0.4) is 0 Å². The molecule has 1 N–H and O–H groups in total. The molecule has 0 aliphatic rings. The lowest BCUT2D eigenvalue weighted by molar-refractivity contribution is -0.143. The zero-order valence-corrected chi connectivity index (χ0v) is 13.6. The van der Waals surface area contributed by atoms with Crippen LogP contribution in [-0.2, 0) is 22.4 Å². The lowest BCUT2D eigenvalue weighted by atomic mass is 9.92. The quantitative estimate of drug-likeness (QED) is 0.814. The third-order valence-electron chi connectivity index (χ3n) is 3.46. The molecule has 0 heterocycles. The van der Waals surface area contributed by atoms with Gasteiger partial charge in [-0.25, -0.2) is 0 Å². The van der Waals surface area contributed by atoms with Crippen molar-refractivity contribution in [2.24, 2.45) is 5.92 Å². The summed E-state index contributed by atoms with van der Waals surface area (Å²) < 4.78 is 0.955. The molecule has 114 valence electrons. The SMILES string of the molecule is O=C(Cc1ccc(Br)cc1)C[C@@H](Cc1ccccc1)C(=O)O. The highest BCUT2D eigenvalue weighted by molar-refractivity contribution is 9.10. The Hall–Kier alpha value is -1.94. The van der Waals surface area contributed by atoms with Gasteiger partial charge in [0.05, 0.1) is 5.92 Å². The lowest BCUT2D eigenvalue weighted by Crippen LogP contribution is -2.21. The predicted molar refractivity (Wildman–Crippen MR) is 88.7 cm³/mol. The Morgan fingerprint density at radius 2 is 1.59 bits per heavy atom. The zero-order chi connectivity index (χ0) is 15.9. The average Bonchev–Trinajstić information content (AvgIpc) is 2.50. The molecule has 2 aromatic carbocycles. The number of hydrogen-bond donors (Lipinski definition) is 1. The summed E-state index contributed by atoms with van der Waals surface area (Å²) >= 11 is 3.35. The van der Waals surface area contributed by atoms with Crippen molar-refractivity contribution in [1.29, 1.82) is 0 Å². The minimum absolute atomic E-state index is 0.0503. The van der Waals surface area contributed by atoms with Crippen molar-refractivity contribution in [2.45, 2.75) is 19.3 Å². The normalized spacial score (nSPS) is 11.9.